The summed E-state index contributed by atoms with van der Waals surface area (Å²) in [5.74, 6) is -0.136. The fourth-order valence-corrected chi connectivity index (χ4v) is 3.12. The molecule has 2 aliphatic rings. The highest BCUT2D eigenvalue weighted by atomic mass is 35.5. The van der Waals surface area contributed by atoms with Crippen molar-refractivity contribution in [2.75, 3.05) is 24.5 Å². The molecule has 1 aromatic rings. The van der Waals surface area contributed by atoms with E-state index in [1.54, 1.807) is 4.90 Å². The van der Waals surface area contributed by atoms with Gasteiger partial charge in [0.25, 0.3) is 0 Å². The average Bonchev–Trinajstić information content (AvgIpc) is 3.16. The second kappa shape index (κ2) is 5.51. The lowest BCUT2D eigenvalue weighted by Crippen LogP contribution is -2.58. The number of carbonyl (C=O) groups excluding carboxylic acids is 1. The summed E-state index contributed by atoms with van der Waals surface area (Å²) >= 11 is 5.76. The van der Waals surface area contributed by atoms with E-state index in [1.807, 2.05) is 25.7 Å². The summed E-state index contributed by atoms with van der Waals surface area (Å²) in [5.41, 5.74) is -0.775. The summed E-state index contributed by atoms with van der Waals surface area (Å²) in [6.07, 6.45) is 2.95. The topological polar surface area (TPSA) is 45.7 Å². The molecule has 0 atom stereocenters. The molecule has 1 spiro atoms. The van der Waals surface area contributed by atoms with E-state index in [9.17, 15) is 9.18 Å². The van der Waals surface area contributed by atoms with Crippen LogP contribution in [0.5, 0.6) is 0 Å². The molecule has 2 heterocycles. The molecule has 23 heavy (non-hydrogen) atoms. The lowest BCUT2D eigenvalue weighted by Gasteiger charge is -2.42. The summed E-state index contributed by atoms with van der Waals surface area (Å²) < 4.78 is 19.6. The van der Waals surface area contributed by atoms with Crippen LogP contribution in [0.2, 0.25) is 5.02 Å². The van der Waals surface area contributed by atoms with Crippen LogP contribution in [0.1, 0.15) is 33.6 Å². The first kappa shape index (κ1) is 16.3. The number of halogens is 2. The Kier molecular flexibility index (Phi) is 3.91. The van der Waals surface area contributed by atoms with Crippen LogP contribution in [0.25, 0.3) is 0 Å². The number of pyridine rings is 1. The van der Waals surface area contributed by atoms with Gasteiger partial charge in [0.05, 0.1) is 10.6 Å². The molecule has 1 amide bonds. The Hall–Kier alpha value is -1.56. The standard InChI is InChI=1S/C16H21ClFN3O2/c1-15(2,3)23-14(22)21-7-6-20(10-16(21)4-5-16)13-12(18)8-11(17)9-19-13/h8-9H,4-7,10H2,1-3H3. The number of anilines is 1. The smallest absolute Gasteiger partial charge is 0.410 e. The lowest BCUT2D eigenvalue weighted by molar-refractivity contribution is 0.0106. The zero-order valence-electron chi connectivity index (χ0n) is 13.6. The second-order valence-corrected chi connectivity index (χ2v) is 7.67. The van der Waals surface area contributed by atoms with Crippen LogP contribution in [0.15, 0.2) is 12.3 Å². The maximum absolute atomic E-state index is 14.1. The Labute approximate surface area is 140 Å². The van der Waals surface area contributed by atoms with E-state index < -0.39 is 11.4 Å². The number of aromatic nitrogens is 1. The third-order valence-corrected chi connectivity index (χ3v) is 4.39. The maximum Gasteiger partial charge on any atom is 0.410 e. The summed E-state index contributed by atoms with van der Waals surface area (Å²) in [7, 11) is 0. The van der Waals surface area contributed by atoms with Crippen LogP contribution in [0.3, 0.4) is 0 Å². The molecule has 1 aromatic heterocycles. The van der Waals surface area contributed by atoms with Crippen LogP contribution in [0, 0.1) is 5.82 Å². The van der Waals surface area contributed by atoms with Gasteiger partial charge in [-0.2, -0.15) is 0 Å². The highest BCUT2D eigenvalue weighted by molar-refractivity contribution is 6.30. The summed E-state index contributed by atoms with van der Waals surface area (Å²) in [5, 5.41) is 0.278. The van der Waals surface area contributed by atoms with Gasteiger partial charge in [0.2, 0.25) is 0 Å². The SMILES string of the molecule is CC(C)(C)OC(=O)N1CCN(c2ncc(Cl)cc2F)CC12CC2. The van der Waals surface area contributed by atoms with Crippen LogP contribution in [0.4, 0.5) is 15.0 Å². The average molecular weight is 342 g/mol. The van der Waals surface area contributed by atoms with Crippen LogP contribution >= 0.6 is 11.6 Å². The molecule has 2 fully saturated rings. The molecule has 1 saturated carbocycles. The van der Waals surface area contributed by atoms with Crippen molar-refractivity contribution in [3.05, 3.63) is 23.1 Å². The quantitative estimate of drug-likeness (QED) is 0.784. The van der Waals surface area contributed by atoms with Crippen molar-refractivity contribution < 1.29 is 13.9 Å². The van der Waals surface area contributed by atoms with Gasteiger partial charge in [-0.3, -0.25) is 4.90 Å². The normalized spacial score (nSPS) is 19.9. The Bertz CT molecular complexity index is 628. The van der Waals surface area contributed by atoms with Gasteiger partial charge >= 0.3 is 6.09 Å². The number of nitrogens with zero attached hydrogens (tertiary/aromatic N) is 3. The molecule has 3 rings (SSSR count). The first-order valence-electron chi connectivity index (χ1n) is 7.77. The summed E-state index contributed by atoms with van der Waals surface area (Å²) in [6.45, 7) is 7.15. The molecular formula is C16H21ClFN3O2. The highest BCUT2D eigenvalue weighted by Gasteiger charge is 2.54. The van der Waals surface area contributed by atoms with E-state index in [1.165, 1.54) is 12.3 Å². The number of piperazine rings is 1. The molecular weight excluding hydrogens is 321 g/mol. The predicted octanol–water partition coefficient (Wildman–Crippen LogP) is 3.46. The molecule has 1 saturated heterocycles. The van der Waals surface area contributed by atoms with Crippen molar-refractivity contribution in [3.63, 3.8) is 0 Å². The summed E-state index contributed by atoms with van der Waals surface area (Å²) in [6, 6.07) is 1.27. The van der Waals surface area contributed by atoms with Gasteiger partial charge in [0.1, 0.15) is 5.60 Å². The van der Waals surface area contributed by atoms with Crippen molar-refractivity contribution in [2.24, 2.45) is 0 Å². The molecule has 5 nitrogen and oxygen atoms in total. The third kappa shape index (κ3) is 3.37. The van der Waals surface area contributed by atoms with Crippen molar-refractivity contribution >= 4 is 23.5 Å². The number of rotatable bonds is 1. The zero-order valence-corrected chi connectivity index (χ0v) is 14.4. The number of amides is 1. The fraction of sp³-hybridized carbons (Fsp3) is 0.625. The minimum atomic E-state index is -0.520. The fourth-order valence-electron chi connectivity index (χ4n) is 2.97. The number of ether oxygens (including phenoxy) is 1. The molecule has 1 aliphatic carbocycles. The van der Waals surface area contributed by atoms with E-state index >= 15 is 0 Å². The van der Waals surface area contributed by atoms with Gasteiger partial charge in [-0.25, -0.2) is 14.2 Å². The van der Waals surface area contributed by atoms with Crippen LogP contribution < -0.4 is 4.90 Å². The van der Waals surface area contributed by atoms with Gasteiger partial charge in [0, 0.05) is 25.8 Å². The maximum atomic E-state index is 14.1. The van der Waals surface area contributed by atoms with Crippen molar-refractivity contribution in [3.8, 4) is 0 Å². The van der Waals surface area contributed by atoms with Gasteiger partial charge in [-0.1, -0.05) is 11.6 Å². The predicted molar refractivity (Wildman–Crippen MR) is 86.3 cm³/mol. The summed E-state index contributed by atoms with van der Waals surface area (Å²) in [4.78, 5) is 20.2. The Morgan fingerprint density at radius 2 is 2.09 bits per heavy atom. The minimum Gasteiger partial charge on any atom is -0.444 e. The van der Waals surface area contributed by atoms with Gasteiger partial charge in [-0.15, -0.1) is 0 Å². The monoisotopic (exact) mass is 341 g/mol. The number of carbonyl (C=O) groups is 1. The van der Waals surface area contributed by atoms with Crippen LogP contribution in [-0.2, 0) is 4.74 Å². The van der Waals surface area contributed by atoms with E-state index in [0.717, 1.165) is 12.8 Å². The Balaban J connectivity index is 1.75. The Morgan fingerprint density at radius 3 is 2.65 bits per heavy atom. The minimum absolute atomic E-state index is 0.256. The largest absolute Gasteiger partial charge is 0.444 e. The van der Waals surface area contributed by atoms with E-state index in [2.05, 4.69) is 4.98 Å². The molecule has 0 unspecified atom stereocenters. The van der Waals surface area contributed by atoms with Crippen molar-refractivity contribution in [2.45, 2.75) is 44.8 Å². The molecule has 1 aliphatic heterocycles. The molecule has 0 N–H and O–H groups in total. The van der Waals surface area contributed by atoms with E-state index in [0.29, 0.717) is 25.5 Å². The van der Waals surface area contributed by atoms with Crippen molar-refractivity contribution in [1.82, 2.24) is 9.88 Å². The molecule has 0 aromatic carbocycles. The first-order valence-corrected chi connectivity index (χ1v) is 8.15. The van der Waals surface area contributed by atoms with Gasteiger partial charge < -0.3 is 9.64 Å². The lowest BCUT2D eigenvalue weighted by atomic mass is 10.1. The molecule has 0 bridgehead atoms. The second-order valence-electron chi connectivity index (χ2n) is 7.24. The Morgan fingerprint density at radius 1 is 1.39 bits per heavy atom. The molecule has 7 heteroatoms. The highest BCUT2D eigenvalue weighted by Crippen LogP contribution is 2.45. The van der Waals surface area contributed by atoms with Crippen molar-refractivity contribution in [1.29, 1.82) is 0 Å². The molecule has 0 radical (unpaired) electrons. The number of hydrogen-bond donors (Lipinski definition) is 0. The van der Waals surface area contributed by atoms with Crippen LogP contribution in [-0.4, -0.2) is 46.8 Å². The molecule has 126 valence electrons. The number of hydrogen-bond acceptors (Lipinski definition) is 4. The zero-order chi connectivity index (χ0) is 16.8. The van der Waals surface area contributed by atoms with E-state index in [-0.39, 0.29) is 16.7 Å². The van der Waals surface area contributed by atoms with Gasteiger partial charge in [0.15, 0.2) is 11.6 Å². The third-order valence-electron chi connectivity index (χ3n) is 4.18. The van der Waals surface area contributed by atoms with Gasteiger partial charge in [-0.05, 0) is 39.7 Å². The van der Waals surface area contributed by atoms with E-state index in [4.69, 9.17) is 16.3 Å². The first-order chi connectivity index (χ1) is 10.7.